The Balaban J connectivity index is 2.71. The van der Waals surface area contributed by atoms with Gasteiger partial charge in [-0.05, 0) is 11.6 Å². The molecule has 8 heteroatoms. The van der Waals surface area contributed by atoms with Gasteiger partial charge in [-0.3, -0.25) is 10.1 Å². The predicted octanol–water partition coefficient (Wildman–Crippen LogP) is 1.97. The van der Waals surface area contributed by atoms with Crippen LogP contribution in [0.3, 0.4) is 0 Å². The van der Waals surface area contributed by atoms with Crippen molar-refractivity contribution >= 4 is 5.69 Å². The van der Waals surface area contributed by atoms with Gasteiger partial charge in [0.05, 0.1) is 11.5 Å². The Hall–Kier alpha value is -1.80. The summed E-state index contributed by atoms with van der Waals surface area (Å²) in [5, 5.41) is 13.9. The second-order valence-corrected chi connectivity index (χ2v) is 3.93. The molecule has 1 aromatic rings. The Labute approximate surface area is 114 Å². The van der Waals surface area contributed by atoms with E-state index in [1.807, 2.05) is 0 Å². The van der Waals surface area contributed by atoms with Crippen LogP contribution in [0.25, 0.3) is 0 Å². The minimum atomic E-state index is -2.68. The molecule has 0 radical (unpaired) electrons. The Morgan fingerprint density at radius 2 is 2.20 bits per heavy atom. The molecule has 0 atom stereocenters. The molecule has 20 heavy (non-hydrogen) atoms. The number of benzene rings is 1. The van der Waals surface area contributed by atoms with E-state index in [4.69, 9.17) is 9.47 Å². The summed E-state index contributed by atoms with van der Waals surface area (Å²) in [4.78, 5) is 10.2. The van der Waals surface area contributed by atoms with Crippen molar-refractivity contribution < 1.29 is 23.2 Å². The van der Waals surface area contributed by atoms with Gasteiger partial charge in [0.15, 0.2) is 5.75 Å². The van der Waals surface area contributed by atoms with E-state index in [9.17, 15) is 18.9 Å². The lowest BCUT2D eigenvalue weighted by Crippen LogP contribution is -2.18. The van der Waals surface area contributed by atoms with Gasteiger partial charge in [-0.1, -0.05) is 6.07 Å². The molecule has 0 saturated carbocycles. The summed E-state index contributed by atoms with van der Waals surface area (Å²) in [5.41, 5.74) is 0.342. The van der Waals surface area contributed by atoms with Gasteiger partial charge in [0.1, 0.15) is 6.61 Å². The zero-order valence-electron chi connectivity index (χ0n) is 11.0. The summed E-state index contributed by atoms with van der Waals surface area (Å²) >= 11 is 0. The molecular formula is C12H16F2N2O4. The number of alkyl halides is 2. The minimum Gasteiger partial charge on any atom is -0.481 e. The van der Waals surface area contributed by atoms with Gasteiger partial charge in [-0.2, -0.15) is 0 Å². The highest BCUT2D eigenvalue weighted by Gasteiger charge is 2.17. The standard InChI is InChI=1S/C12H16F2N2O4/c1-19-5-4-15-7-9-2-3-11(20-8-12(13)14)10(6-9)16(17)18/h2-3,6,12,15H,4-5,7-8H2,1H3. The number of rotatable bonds is 9. The second-order valence-electron chi connectivity index (χ2n) is 3.93. The molecule has 1 aromatic carbocycles. The van der Waals surface area contributed by atoms with Crippen molar-refractivity contribution in [3.8, 4) is 5.75 Å². The maximum Gasteiger partial charge on any atom is 0.311 e. The third-order valence-corrected chi connectivity index (χ3v) is 2.40. The molecule has 1 rings (SSSR count). The summed E-state index contributed by atoms with van der Waals surface area (Å²) in [5.74, 6) is -0.157. The van der Waals surface area contributed by atoms with Crippen molar-refractivity contribution in [1.29, 1.82) is 0 Å². The molecular weight excluding hydrogens is 274 g/mol. The van der Waals surface area contributed by atoms with E-state index in [1.54, 1.807) is 13.2 Å². The average molecular weight is 290 g/mol. The Morgan fingerprint density at radius 3 is 2.80 bits per heavy atom. The number of nitro groups is 1. The van der Waals surface area contributed by atoms with E-state index in [0.29, 0.717) is 25.3 Å². The van der Waals surface area contributed by atoms with Crippen molar-refractivity contribution in [2.45, 2.75) is 13.0 Å². The normalized spacial score (nSPS) is 10.8. The molecule has 0 aliphatic carbocycles. The smallest absolute Gasteiger partial charge is 0.311 e. The summed E-state index contributed by atoms with van der Waals surface area (Å²) in [6.07, 6.45) is -2.68. The molecule has 6 nitrogen and oxygen atoms in total. The first-order chi connectivity index (χ1) is 9.54. The molecule has 112 valence electrons. The first-order valence-corrected chi connectivity index (χ1v) is 5.92. The van der Waals surface area contributed by atoms with Crippen LogP contribution in [-0.2, 0) is 11.3 Å². The van der Waals surface area contributed by atoms with Crippen LogP contribution in [0.4, 0.5) is 14.5 Å². The Bertz CT molecular complexity index is 443. The second kappa shape index (κ2) is 8.39. The van der Waals surface area contributed by atoms with E-state index in [2.05, 4.69) is 5.32 Å². The molecule has 0 spiro atoms. The summed E-state index contributed by atoms with van der Waals surface area (Å²) < 4.78 is 33.7. The van der Waals surface area contributed by atoms with E-state index >= 15 is 0 Å². The van der Waals surface area contributed by atoms with Crippen LogP contribution in [0, 0.1) is 10.1 Å². The van der Waals surface area contributed by atoms with Crippen molar-refractivity contribution in [3.63, 3.8) is 0 Å². The van der Waals surface area contributed by atoms with Crippen molar-refractivity contribution in [3.05, 3.63) is 33.9 Å². The number of ether oxygens (including phenoxy) is 2. The van der Waals surface area contributed by atoms with Crippen LogP contribution in [0.2, 0.25) is 0 Å². The number of hydrogen-bond acceptors (Lipinski definition) is 5. The topological polar surface area (TPSA) is 73.6 Å². The van der Waals surface area contributed by atoms with E-state index in [-0.39, 0.29) is 11.4 Å². The number of nitro benzene ring substituents is 1. The fraction of sp³-hybridized carbons (Fsp3) is 0.500. The lowest BCUT2D eigenvalue weighted by molar-refractivity contribution is -0.386. The van der Waals surface area contributed by atoms with Gasteiger partial charge in [0.25, 0.3) is 6.43 Å². The fourth-order valence-corrected chi connectivity index (χ4v) is 1.50. The van der Waals surface area contributed by atoms with Crippen LogP contribution >= 0.6 is 0 Å². The third-order valence-electron chi connectivity index (χ3n) is 2.40. The number of methoxy groups -OCH3 is 1. The summed E-state index contributed by atoms with van der Waals surface area (Å²) in [6.45, 7) is 0.678. The molecule has 0 amide bonds. The van der Waals surface area contributed by atoms with Crippen LogP contribution in [0.1, 0.15) is 5.56 Å². The molecule has 0 aliphatic rings. The fourth-order valence-electron chi connectivity index (χ4n) is 1.50. The van der Waals surface area contributed by atoms with E-state index in [0.717, 1.165) is 0 Å². The van der Waals surface area contributed by atoms with Gasteiger partial charge in [0.2, 0.25) is 0 Å². The molecule has 0 bridgehead atoms. The third kappa shape index (κ3) is 5.45. The molecule has 0 unspecified atom stereocenters. The van der Waals surface area contributed by atoms with Crippen LogP contribution in [0.5, 0.6) is 5.75 Å². The van der Waals surface area contributed by atoms with Gasteiger partial charge >= 0.3 is 5.69 Å². The monoisotopic (exact) mass is 290 g/mol. The minimum absolute atomic E-state index is 0.157. The first kappa shape index (κ1) is 16.3. The van der Waals surface area contributed by atoms with Gasteiger partial charge in [-0.25, -0.2) is 8.78 Å². The lowest BCUT2D eigenvalue weighted by atomic mass is 10.2. The zero-order valence-corrected chi connectivity index (χ0v) is 11.0. The largest absolute Gasteiger partial charge is 0.481 e. The van der Waals surface area contributed by atoms with Crippen LogP contribution < -0.4 is 10.1 Å². The van der Waals surface area contributed by atoms with Gasteiger partial charge < -0.3 is 14.8 Å². The molecule has 0 aliphatic heterocycles. The zero-order chi connectivity index (χ0) is 15.0. The van der Waals surface area contributed by atoms with Gasteiger partial charge in [0, 0.05) is 26.3 Å². The van der Waals surface area contributed by atoms with Crippen molar-refractivity contribution in [1.82, 2.24) is 5.32 Å². The summed E-state index contributed by atoms with van der Waals surface area (Å²) in [6, 6.07) is 4.22. The average Bonchev–Trinajstić information content (AvgIpc) is 2.41. The molecule has 0 heterocycles. The van der Waals surface area contributed by atoms with Crippen molar-refractivity contribution in [2.24, 2.45) is 0 Å². The van der Waals surface area contributed by atoms with E-state index < -0.39 is 18.0 Å². The van der Waals surface area contributed by atoms with Crippen LogP contribution in [0.15, 0.2) is 18.2 Å². The molecule has 1 N–H and O–H groups in total. The number of halogens is 2. The summed E-state index contributed by atoms with van der Waals surface area (Å²) in [7, 11) is 1.57. The highest BCUT2D eigenvalue weighted by molar-refractivity contribution is 5.48. The van der Waals surface area contributed by atoms with Gasteiger partial charge in [-0.15, -0.1) is 0 Å². The van der Waals surface area contributed by atoms with Crippen LogP contribution in [-0.4, -0.2) is 38.2 Å². The molecule has 0 fully saturated rings. The molecule has 0 saturated heterocycles. The predicted molar refractivity (Wildman–Crippen MR) is 68.2 cm³/mol. The Morgan fingerprint density at radius 1 is 1.45 bits per heavy atom. The Kier molecular flexibility index (Phi) is 6.82. The van der Waals surface area contributed by atoms with Crippen molar-refractivity contribution in [2.75, 3.05) is 26.9 Å². The number of hydrogen-bond donors (Lipinski definition) is 1. The quantitative estimate of drug-likeness (QED) is 0.427. The maximum atomic E-state index is 12.1. The highest BCUT2D eigenvalue weighted by Crippen LogP contribution is 2.28. The SMILES string of the molecule is COCCNCc1ccc(OCC(F)F)c([N+](=O)[O-])c1. The molecule has 0 aromatic heterocycles. The lowest BCUT2D eigenvalue weighted by Gasteiger charge is -2.08. The number of nitrogens with zero attached hydrogens (tertiary/aromatic N) is 1. The maximum absolute atomic E-state index is 12.1. The highest BCUT2D eigenvalue weighted by atomic mass is 19.3. The number of nitrogens with one attached hydrogen (secondary N) is 1. The van der Waals surface area contributed by atoms with E-state index in [1.165, 1.54) is 12.1 Å². The first-order valence-electron chi connectivity index (χ1n) is 5.92.